The minimum absolute atomic E-state index is 0.167. The molecule has 0 fully saturated rings. The molecule has 0 bridgehead atoms. The lowest BCUT2D eigenvalue weighted by Crippen LogP contribution is -2.29. The zero-order chi connectivity index (χ0) is 12.3. The molecule has 1 aromatic rings. The van der Waals surface area contributed by atoms with Gasteiger partial charge in [-0.1, -0.05) is 0 Å². The first-order valence-electron chi connectivity index (χ1n) is 5.81. The van der Waals surface area contributed by atoms with Gasteiger partial charge in [-0.2, -0.15) is 0 Å². The average Bonchev–Trinajstić information content (AvgIpc) is 2.37. The van der Waals surface area contributed by atoms with E-state index in [1.807, 2.05) is 12.1 Å². The second-order valence-corrected chi connectivity index (χ2v) is 4.04. The molecular weight excluding hydrogens is 218 g/mol. The largest absolute Gasteiger partial charge is 0.462 e. The van der Waals surface area contributed by atoms with E-state index in [-0.39, 0.29) is 12.1 Å². The number of ether oxygens (including phenoxy) is 2. The summed E-state index contributed by atoms with van der Waals surface area (Å²) >= 11 is 0. The maximum absolute atomic E-state index is 11.6. The molecule has 0 aliphatic carbocycles. The van der Waals surface area contributed by atoms with E-state index in [9.17, 15) is 4.79 Å². The molecule has 2 rings (SSSR count). The second-order valence-electron chi connectivity index (χ2n) is 4.04. The molecule has 0 aromatic heterocycles. The molecule has 1 N–H and O–H groups in total. The summed E-state index contributed by atoms with van der Waals surface area (Å²) in [6.45, 7) is 3.01. The Morgan fingerprint density at radius 3 is 3.06 bits per heavy atom. The quantitative estimate of drug-likeness (QED) is 0.812. The summed E-state index contributed by atoms with van der Waals surface area (Å²) in [5.74, 6) is -0.269. The molecule has 1 aromatic carbocycles. The zero-order valence-electron chi connectivity index (χ0n) is 10.2. The number of methoxy groups -OCH3 is 1. The van der Waals surface area contributed by atoms with E-state index >= 15 is 0 Å². The Balaban J connectivity index is 2.21. The topological polar surface area (TPSA) is 47.6 Å². The van der Waals surface area contributed by atoms with Gasteiger partial charge in [0, 0.05) is 25.8 Å². The molecule has 4 nitrogen and oxygen atoms in total. The lowest BCUT2D eigenvalue weighted by Gasteiger charge is -2.25. The highest BCUT2D eigenvalue weighted by molar-refractivity contribution is 5.90. The molecule has 92 valence electrons. The van der Waals surface area contributed by atoms with Gasteiger partial charge >= 0.3 is 5.97 Å². The predicted octanol–water partition coefficient (Wildman–Crippen LogP) is 1.85. The number of hydrogen-bond donors (Lipinski definition) is 1. The number of fused-ring (bicyclic) bond motifs is 1. The lowest BCUT2D eigenvalue weighted by atomic mass is 9.99. The summed E-state index contributed by atoms with van der Waals surface area (Å²) in [5, 5.41) is 3.28. The molecule has 4 heteroatoms. The number of carbonyl (C=O) groups is 1. The minimum Gasteiger partial charge on any atom is -0.462 e. The summed E-state index contributed by atoms with van der Waals surface area (Å²) in [6, 6.07) is 5.59. The van der Waals surface area contributed by atoms with Crippen LogP contribution in [0, 0.1) is 0 Å². The number of carbonyl (C=O) groups excluding carboxylic acids is 1. The van der Waals surface area contributed by atoms with E-state index in [2.05, 4.69) is 5.32 Å². The van der Waals surface area contributed by atoms with Crippen LogP contribution in [0.25, 0.3) is 0 Å². The Morgan fingerprint density at radius 2 is 2.35 bits per heavy atom. The van der Waals surface area contributed by atoms with Crippen LogP contribution in [0.5, 0.6) is 0 Å². The van der Waals surface area contributed by atoms with Crippen molar-refractivity contribution in [3.63, 3.8) is 0 Å². The van der Waals surface area contributed by atoms with Crippen molar-refractivity contribution in [3.05, 3.63) is 29.3 Å². The molecular formula is C13H17NO3. The van der Waals surface area contributed by atoms with E-state index in [0.717, 1.165) is 24.2 Å². The van der Waals surface area contributed by atoms with Crippen molar-refractivity contribution in [2.24, 2.45) is 0 Å². The van der Waals surface area contributed by atoms with Crippen LogP contribution < -0.4 is 5.32 Å². The van der Waals surface area contributed by atoms with E-state index in [0.29, 0.717) is 12.2 Å². The van der Waals surface area contributed by atoms with Crippen molar-refractivity contribution in [2.45, 2.75) is 19.4 Å². The molecule has 1 heterocycles. The fourth-order valence-corrected chi connectivity index (χ4v) is 1.98. The van der Waals surface area contributed by atoms with Crippen molar-refractivity contribution in [1.82, 2.24) is 0 Å². The maximum Gasteiger partial charge on any atom is 0.338 e. The van der Waals surface area contributed by atoms with Crippen molar-refractivity contribution in [1.29, 1.82) is 0 Å². The lowest BCUT2D eigenvalue weighted by molar-refractivity contribution is 0.0526. The molecule has 17 heavy (non-hydrogen) atoms. The number of hydrogen-bond acceptors (Lipinski definition) is 4. The fraction of sp³-hybridized carbons (Fsp3) is 0.462. The second kappa shape index (κ2) is 5.19. The molecule has 1 atom stereocenters. The third-order valence-electron chi connectivity index (χ3n) is 2.92. The van der Waals surface area contributed by atoms with Gasteiger partial charge in [0.25, 0.3) is 0 Å². The molecule has 1 unspecified atom stereocenters. The summed E-state index contributed by atoms with van der Waals surface area (Å²) in [4.78, 5) is 11.6. The first-order valence-corrected chi connectivity index (χ1v) is 5.81. The van der Waals surface area contributed by atoms with E-state index < -0.39 is 0 Å². The molecule has 1 aliphatic rings. The van der Waals surface area contributed by atoms with Gasteiger partial charge in [-0.25, -0.2) is 4.79 Å². The number of anilines is 1. The van der Waals surface area contributed by atoms with Crippen molar-refractivity contribution in [3.8, 4) is 0 Å². The first-order chi connectivity index (χ1) is 8.24. The molecule has 0 amide bonds. The van der Waals surface area contributed by atoms with Gasteiger partial charge in [0.05, 0.1) is 18.3 Å². The summed E-state index contributed by atoms with van der Waals surface area (Å²) in [7, 11) is 1.70. The van der Waals surface area contributed by atoms with Crippen molar-refractivity contribution < 1.29 is 14.3 Å². The smallest absolute Gasteiger partial charge is 0.338 e. The standard InChI is InChI=1S/C13H17NO3/c1-3-17-13(15)9-4-5-12-10(6-9)7-11(16-2)8-14-12/h4-6,11,14H,3,7-8H2,1-2H3. The van der Waals surface area contributed by atoms with Crippen molar-refractivity contribution >= 4 is 11.7 Å². The molecule has 0 spiro atoms. The van der Waals surface area contributed by atoms with Gasteiger partial charge in [0.1, 0.15) is 0 Å². The zero-order valence-corrected chi connectivity index (χ0v) is 10.2. The highest BCUT2D eigenvalue weighted by Crippen LogP contribution is 2.24. The van der Waals surface area contributed by atoms with Gasteiger partial charge < -0.3 is 14.8 Å². The van der Waals surface area contributed by atoms with E-state index in [1.54, 1.807) is 20.1 Å². The Labute approximate surface area is 101 Å². The van der Waals surface area contributed by atoms with Crippen LogP contribution in [0.1, 0.15) is 22.8 Å². The molecule has 1 aliphatic heterocycles. The Hall–Kier alpha value is -1.55. The van der Waals surface area contributed by atoms with Gasteiger partial charge in [-0.15, -0.1) is 0 Å². The third-order valence-corrected chi connectivity index (χ3v) is 2.92. The first kappa shape index (κ1) is 11.9. The number of esters is 1. The summed E-state index contributed by atoms with van der Waals surface area (Å²) < 4.78 is 10.3. The SMILES string of the molecule is CCOC(=O)c1ccc2c(c1)CC(OC)CN2. The van der Waals surface area contributed by atoms with E-state index in [4.69, 9.17) is 9.47 Å². The highest BCUT2D eigenvalue weighted by Gasteiger charge is 2.19. The van der Waals surface area contributed by atoms with Gasteiger partial charge in [0.15, 0.2) is 0 Å². The average molecular weight is 235 g/mol. The Kier molecular flexibility index (Phi) is 3.64. The van der Waals surface area contributed by atoms with Crippen LogP contribution in [0.15, 0.2) is 18.2 Å². The van der Waals surface area contributed by atoms with Gasteiger partial charge in [-0.3, -0.25) is 0 Å². The molecule has 0 saturated carbocycles. The minimum atomic E-state index is -0.269. The summed E-state index contributed by atoms with van der Waals surface area (Å²) in [6.07, 6.45) is 0.992. The van der Waals surface area contributed by atoms with Crippen LogP contribution in [0.3, 0.4) is 0 Å². The Morgan fingerprint density at radius 1 is 1.53 bits per heavy atom. The van der Waals surface area contributed by atoms with Gasteiger partial charge in [-0.05, 0) is 30.7 Å². The molecule has 0 saturated heterocycles. The molecule has 0 radical (unpaired) electrons. The van der Waals surface area contributed by atoms with Gasteiger partial charge in [0.2, 0.25) is 0 Å². The monoisotopic (exact) mass is 235 g/mol. The number of benzene rings is 1. The number of nitrogens with one attached hydrogen (secondary N) is 1. The fourth-order valence-electron chi connectivity index (χ4n) is 1.98. The highest BCUT2D eigenvalue weighted by atomic mass is 16.5. The van der Waals surface area contributed by atoms with E-state index in [1.165, 1.54) is 0 Å². The van der Waals surface area contributed by atoms with Crippen LogP contribution in [-0.4, -0.2) is 32.3 Å². The van der Waals surface area contributed by atoms with Crippen molar-refractivity contribution in [2.75, 3.05) is 25.6 Å². The predicted molar refractivity (Wildman–Crippen MR) is 65.4 cm³/mol. The van der Waals surface area contributed by atoms with Crippen LogP contribution in [0.2, 0.25) is 0 Å². The maximum atomic E-state index is 11.6. The summed E-state index contributed by atoms with van der Waals surface area (Å²) in [5.41, 5.74) is 2.78. The normalized spacial score (nSPS) is 18.1. The Bertz CT molecular complexity index is 417. The van der Waals surface area contributed by atoms with Crippen LogP contribution >= 0.6 is 0 Å². The number of rotatable bonds is 3. The van der Waals surface area contributed by atoms with Crippen LogP contribution in [0.4, 0.5) is 5.69 Å². The van der Waals surface area contributed by atoms with Crippen LogP contribution in [-0.2, 0) is 15.9 Å². The third kappa shape index (κ3) is 2.58.